The summed E-state index contributed by atoms with van der Waals surface area (Å²) in [6.07, 6.45) is 35.2. The van der Waals surface area contributed by atoms with Crippen molar-refractivity contribution in [3.8, 4) is 0 Å². The van der Waals surface area contributed by atoms with E-state index in [1.807, 2.05) is 0 Å². The second-order valence-electron chi connectivity index (χ2n) is 12.0. The Bertz CT molecular complexity index is 421. The fourth-order valence-corrected chi connectivity index (χ4v) is 5.74. The molecular formula is C32H64O4. The Balaban J connectivity index is 2.24. The number of hydrogen-bond donors (Lipinski definition) is 4. The van der Waals surface area contributed by atoms with Gasteiger partial charge in [-0.3, -0.25) is 0 Å². The third-order valence-corrected chi connectivity index (χ3v) is 8.44. The average Bonchev–Trinajstić information content (AvgIpc) is 2.84. The first-order chi connectivity index (χ1) is 17.5. The van der Waals surface area contributed by atoms with Crippen LogP contribution in [0.15, 0.2) is 0 Å². The van der Waals surface area contributed by atoms with E-state index in [-0.39, 0.29) is 12.8 Å². The molecule has 4 heteroatoms. The molecule has 0 amide bonds. The van der Waals surface area contributed by atoms with Crippen LogP contribution in [0.3, 0.4) is 0 Å². The van der Waals surface area contributed by atoms with Gasteiger partial charge in [0.15, 0.2) is 0 Å². The van der Waals surface area contributed by atoms with Gasteiger partial charge >= 0.3 is 0 Å². The van der Waals surface area contributed by atoms with Crippen molar-refractivity contribution in [2.45, 2.75) is 204 Å². The summed E-state index contributed by atoms with van der Waals surface area (Å²) in [5.74, 6) is -4.82. The molecule has 0 radical (unpaired) electrons. The monoisotopic (exact) mass is 512 g/mol. The Morgan fingerprint density at radius 1 is 0.194 bits per heavy atom. The molecule has 4 nitrogen and oxygen atoms in total. The van der Waals surface area contributed by atoms with Crippen LogP contribution in [-0.2, 0) is 0 Å². The molecule has 216 valence electrons. The Labute approximate surface area is 224 Å². The second kappa shape index (κ2) is 22.8. The van der Waals surface area contributed by atoms with Crippen molar-refractivity contribution in [3.05, 3.63) is 0 Å². The second-order valence-corrected chi connectivity index (χ2v) is 12.0. The summed E-state index contributed by atoms with van der Waals surface area (Å²) in [5.41, 5.74) is 0. The first-order valence-corrected chi connectivity index (χ1v) is 16.4. The van der Waals surface area contributed by atoms with Crippen LogP contribution in [-0.4, -0.2) is 32.0 Å². The summed E-state index contributed by atoms with van der Waals surface area (Å²) in [6, 6.07) is 0. The van der Waals surface area contributed by atoms with Crippen molar-refractivity contribution < 1.29 is 20.4 Å². The molecule has 0 saturated heterocycles. The van der Waals surface area contributed by atoms with Crippen LogP contribution in [0.2, 0.25) is 0 Å². The van der Waals surface area contributed by atoms with E-state index in [4.69, 9.17) is 0 Å². The van der Waals surface area contributed by atoms with Crippen LogP contribution in [0.5, 0.6) is 0 Å². The summed E-state index contributed by atoms with van der Waals surface area (Å²) in [7, 11) is 0. The lowest BCUT2D eigenvalue weighted by molar-refractivity contribution is -0.361. The number of rotatable bonds is 0. The first-order valence-electron chi connectivity index (χ1n) is 16.4. The first kappa shape index (κ1) is 33.9. The van der Waals surface area contributed by atoms with E-state index in [2.05, 4.69) is 0 Å². The van der Waals surface area contributed by atoms with Crippen molar-refractivity contribution in [3.63, 3.8) is 0 Å². The molecule has 1 rings (SSSR count). The van der Waals surface area contributed by atoms with Crippen molar-refractivity contribution in [1.29, 1.82) is 0 Å². The molecule has 0 aromatic rings. The highest BCUT2D eigenvalue weighted by Crippen LogP contribution is 2.29. The average molecular weight is 513 g/mol. The van der Waals surface area contributed by atoms with E-state index in [0.29, 0.717) is 12.8 Å². The molecule has 1 saturated carbocycles. The standard InChI is InChI=1S/C32H64O4/c33-31(34)29-27-25-23-21-19-17-15-13-11-9-7-5-3-1-2-4-6-8-10-12-14-16-18-20-22-24-26-28-30-32(31,35)36/h33-36H,1-30H2. The van der Waals surface area contributed by atoms with Gasteiger partial charge in [0.05, 0.1) is 0 Å². The van der Waals surface area contributed by atoms with Gasteiger partial charge in [-0.1, -0.05) is 167 Å². The molecule has 0 bridgehead atoms. The minimum Gasteiger partial charge on any atom is -0.361 e. The normalized spacial score (nSPS) is 25.7. The zero-order chi connectivity index (χ0) is 26.2. The molecule has 36 heavy (non-hydrogen) atoms. The molecule has 0 heterocycles. The molecule has 0 aromatic carbocycles. The predicted molar refractivity (Wildman–Crippen MR) is 153 cm³/mol. The highest BCUT2D eigenvalue weighted by atomic mass is 16.6. The van der Waals surface area contributed by atoms with E-state index >= 15 is 0 Å². The minimum absolute atomic E-state index is 0.0278. The van der Waals surface area contributed by atoms with Crippen molar-refractivity contribution in [1.82, 2.24) is 0 Å². The van der Waals surface area contributed by atoms with Crippen LogP contribution in [0.25, 0.3) is 0 Å². The van der Waals surface area contributed by atoms with Crippen molar-refractivity contribution >= 4 is 0 Å². The molecule has 4 N–H and O–H groups in total. The Hall–Kier alpha value is -0.160. The third-order valence-electron chi connectivity index (χ3n) is 8.44. The van der Waals surface area contributed by atoms with Crippen LogP contribution in [0.1, 0.15) is 193 Å². The van der Waals surface area contributed by atoms with Crippen LogP contribution in [0.4, 0.5) is 0 Å². The van der Waals surface area contributed by atoms with E-state index < -0.39 is 11.6 Å². The third kappa shape index (κ3) is 19.0. The summed E-state index contributed by atoms with van der Waals surface area (Å²) in [4.78, 5) is 0. The molecule has 0 aliphatic heterocycles. The Morgan fingerprint density at radius 3 is 0.444 bits per heavy atom. The Kier molecular flexibility index (Phi) is 21.4. The van der Waals surface area contributed by atoms with Crippen LogP contribution < -0.4 is 0 Å². The van der Waals surface area contributed by atoms with Gasteiger partial charge in [0.25, 0.3) is 0 Å². The van der Waals surface area contributed by atoms with Gasteiger partial charge in [-0.05, 0) is 12.8 Å². The van der Waals surface area contributed by atoms with Crippen molar-refractivity contribution in [2.24, 2.45) is 0 Å². The molecule has 1 aliphatic carbocycles. The van der Waals surface area contributed by atoms with Gasteiger partial charge in [0.1, 0.15) is 0 Å². The topological polar surface area (TPSA) is 80.9 Å². The van der Waals surface area contributed by atoms with Gasteiger partial charge in [0.2, 0.25) is 11.6 Å². The zero-order valence-corrected chi connectivity index (χ0v) is 24.0. The molecule has 0 unspecified atom stereocenters. The molecule has 0 aromatic heterocycles. The number of hydrogen-bond acceptors (Lipinski definition) is 4. The maximum Gasteiger partial charge on any atom is 0.218 e. The van der Waals surface area contributed by atoms with E-state index in [0.717, 1.165) is 25.7 Å². The lowest BCUT2D eigenvalue weighted by Gasteiger charge is -2.35. The van der Waals surface area contributed by atoms with Gasteiger partial charge in [-0.25, -0.2) is 0 Å². The largest absolute Gasteiger partial charge is 0.361 e. The van der Waals surface area contributed by atoms with Crippen LogP contribution in [0, 0.1) is 0 Å². The fraction of sp³-hybridized carbons (Fsp3) is 1.00. The van der Waals surface area contributed by atoms with Crippen molar-refractivity contribution in [2.75, 3.05) is 0 Å². The van der Waals surface area contributed by atoms with Gasteiger partial charge in [-0.15, -0.1) is 0 Å². The lowest BCUT2D eigenvalue weighted by atomic mass is 9.93. The fourth-order valence-electron chi connectivity index (χ4n) is 5.74. The quantitative estimate of drug-likeness (QED) is 0.244. The van der Waals surface area contributed by atoms with Crippen LogP contribution >= 0.6 is 0 Å². The molecule has 1 fully saturated rings. The summed E-state index contributed by atoms with van der Waals surface area (Å²) >= 11 is 0. The molecule has 0 spiro atoms. The van der Waals surface area contributed by atoms with E-state index in [9.17, 15) is 20.4 Å². The zero-order valence-electron chi connectivity index (χ0n) is 24.0. The minimum atomic E-state index is -2.41. The summed E-state index contributed by atoms with van der Waals surface area (Å²) in [6.45, 7) is 0. The maximum atomic E-state index is 10.3. The van der Waals surface area contributed by atoms with E-state index in [1.165, 1.54) is 141 Å². The van der Waals surface area contributed by atoms with Gasteiger partial charge < -0.3 is 20.4 Å². The lowest BCUT2D eigenvalue weighted by Crippen LogP contribution is -2.54. The molecule has 1 aliphatic rings. The number of aliphatic hydroxyl groups is 4. The highest BCUT2D eigenvalue weighted by Gasteiger charge is 2.45. The molecular weight excluding hydrogens is 448 g/mol. The van der Waals surface area contributed by atoms with Gasteiger partial charge in [0, 0.05) is 12.8 Å². The van der Waals surface area contributed by atoms with Gasteiger partial charge in [-0.2, -0.15) is 0 Å². The highest BCUT2D eigenvalue weighted by molar-refractivity contribution is 4.82. The Morgan fingerprint density at radius 2 is 0.306 bits per heavy atom. The summed E-state index contributed by atoms with van der Waals surface area (Å²) in [5, 5.41) is 41.1. The smallest absolute Gasteiger partial charge is 0.218 e. The molecule has 0 atom stereocenters. The van der Waals surface area contributed by atoms with E-state index in [1.54, 1.807) is 0 Å². The summed E-state index contributed by atoms with van der Waals surface area (Å²) < 4.78 is 0. The predicted octanol–water partition coefficient (Wildman–Crippen LogP) is 9.06. The maximum absolute atomic E-state index is 10.3. The SMILES string of the molecule is OC1(O)CCCCCCCCCCCCCCCCCCCCCCCCCCCCCCC1(O)O.